The van der Waals surface area contributed by atoms with E-state index in [4.69, 9.17) is 5.73 Å². The lowest BCUT2D eigenvalue weighted by Gasteiger charge is -2.08. The van der Waals surface area contributed by atoms with Gasteiger partial charge in [-0.15, -0.1) is 0 Å². The molecule has 0 aliphatic carbocycles. The molecule has 0 fully saturated rings. The zero-order chi connectivity index (χ0) is 13.9. The number of rotatable bonds is 3. The maximum atomic E-state index is 5.71. The topological polar surface area (TPSA) is 43.8 Å². The van der Waals surface area contributed by atoms with E-state index < -0.39 is 0 Å². The normalized spacial score (nSPS) is 10.7. The minimum absolute atomic E-state index is 0.780. The van der Waals surface area contributed by atoms with Gasteiger partial charge in [-0.25, -0.2) is 4.98 Å². The number of halogens is 1. The lowest BCUT2D eigenvalue weighted by Crippen LogP contribution is -2.01. The summed E-state index contributed by atoms with van der Waals surface area (Å²) < 4.78 is 3.19. The van der Waals surface area contributed by atoms with Crippen LogP contribution in [-0.4, -0.2) is 9.55 Å². The molecule has 2 aromatic carbocycles. The minimum Gasteiger partial charge on any atom is -0.399 e. The lowest BCUT2D eigenvalue weighted by molar-refractivity contribution is 0.807. The molecule has 20 heavy (non-hydrogen) atoms. The van der Waals surface area contributed by atoms with Crippen LogP contribution in [0.5, 0.6) is 0 Å². The first-order valence-electron chi connectivity index (χ1n) is 6.34. The number of hydrogen-bond acceptors (Lipinski definition) is 2. The Balaban J connectivity index is 1.92. The van der Waals surface area contributed by atoms with Crippen molar-refractivity contribution in [1.29, 1.82) is 0 Å². The van der Waals surface area contributed by atoms with Crippen LogP contribution >= 0.6 is 15.9 Å². The highest BCUT2D eigenvalue weighted by molar-refractivity contribution is 9.10. The summed E-state index contributed by atoms with van der Waals surface area (Å²) in [5.74, 6) is 0.961. The molecule has 0 spiro atoms. The summed E-state index contributed by atoms with van der Waals surface area (Å²) >= 11 is 3.50. The molecule has 0 aliphatic heterocycles. The Labute approximate surface area is 126 Å². The minimum atomic E-state index is 0.780. The molecule has 1 heterocycles. The van der Waals surface area contributed by atoms with Gasteiger partial charge in [0, 0.05) is 34.7 Å². The second-order valence-corrected chi connectivity index (χ2v) is 5.55. The summed E-state index contributed by atoms with van der Waals surface area (Å²) in [5, 5.41) is 0. The van der Waals surface area contributed by atoms with Crippen molar-refractivity contribution in [2.45, 2.75) is 6.54 Å². The van der Waals surface area contributed by atoms with Crippen molar-refractivity contribution in [3.63, 3.8) is 0 Å². The zero-order valence-electron chi connectivity index (χ0n) is 10.8. The molecule has 0 unspecified atom stereocenters. The highest BCUT2D eigenvalue weighted by Gasteiger charge is 2.06. The summed E-state index contributed by atoms with van der Waals surface area (Å²) in [7, 11) is 0. The molecule has 0 aliphatic rings. The van der Waals surface area contributed by atoms with E-state index >= 15 is 0 Å². The van der Waals surface area contributed by atoms with Crippen molar-refractivity contribution in [3.05, 3.63) is 71.0 Å². The number of hydrogen-bond donors (Lipinski definition) is 1. The molecule has 0 saturated heterocycles. The lowest BCUT2D eigenvalue weighted by atomic mass is 10.2. The summed E-state index contributed by atoms with van der Waals surface area (Å²) in [6.07, 6.45) is 3.82. The first-order valence-corrected chi connectivity index (χ1v) is 7.13. The number of benzene rings is 2. The average molecular weight is 328 g/mol. The highest BCUT2D eigenvalue weighted by Crippen LogP contribution is 2.22. The van der Waals surface area contributed by atoms with Crippen molar-refractivity contribution in [2.24, 2.45) is 0 Å². The first kappa shape index (κ1) is 12.9. The van der Waals surface area contributed by atoms with Crippen LogP contribution in [0.15, 0.2) is 65.4 Å². The van der Waals surface area contributed by atoms with E-state index in [2.05, 4.69) is 37.6 Å². The number of nitrogens with two attached hydrogens (primary N) is 1. The van der Waals surface area contributed by atoms with Crippen LogP contribution in [0.1, 0.15) is 5.56 Å². The van der Waals surface area contributed by atoms with Crippen molar-refractivity contribution < 1.29 is 0 Å². The SMILES string of the molecule is Nc1ccc(Cn2ccnc2-c2cccc(Br)c2)cc1. The Morgan fingerprint density at radius 3 is 2.65 bits per heavy atom. The van der Waals surface area contributed by atoms with Gasteiger partial charge in [0.1, 0.15) is 5.82 Å². The Morgan fingerprint density at radius 2 is 1.90 bits per heavy atom. The third-order valence-corrected chi connectivity index (χ3v) is 3.62. The molecule has 3 rings (SSSR count). The van der Waals surface area contributed by atoms with E-state index in [-0.39, 0.29) is 0 Å². The van der Waals surface area contributed by atoms with Gasteiger partial charge in [-0.2, -0.15) is 0 Å². The number of aromatic nitrogens is 2. The second kappa shape index (κ2) is 5.51. The van der Waals surface area contributed by atoms with Gasteiger partial charge in [0.05, 0.1) is 0 Å². The molecule has 2 N–H and O–H groups in total. The van der Waals surface area contributed by atoms with E-state index in [1.807, 2.05) is 48.8 Å². The summed E-state index contributed by atoms with van der Waals surface area (Å²) in [4.78, 5) is 4.46. The van der Waals surface area contributed by atoms with Crippen LogP contribution in [0.2, 0.25) is 0 Å². The summed E-state index contributed by atoms with van der Waals surface area (Å²) in [6.45, 7) is 0.780. The Hall–Kier alpha value is -2.07. The van der Waals surface area contributed by atoms with E-state index in [0.29, 0.717) is 0 Å². The van der Waals surface area contributed by atoms with E-state index in [9.17, 15) is 0 Å². The van der Waals surface area contributed by atoms with Crippen molar-refractivity contribution in [3.8, 4) is 11.4 Å². The maximum absolute atomic E-state index is 5.71. The predicted octanol–water partition coefficient (Wildman–Crippen LogP) is 3.94. The van der Waals surface area contributed by atoms with Gasteiger partial charge in [-0.05, 0) is 29.8 Å². The first-order chi connectivity index (χ1) is 9.72. The maximum Gasteiger partial charge on any atom is 0.140 e. The number of imidazole rings is 1. The largest absolute Gasteiger partial charge is 0.399 e. The molecular formula is C16H14BrN3. The van der Waals surface area contributed by atoms with Crippen LogP contribution < -0.4 is 5.73 Å². The highest BCUT2D eigenvalue weighted by atomic mass is 79.9. The summed E-state index contributed by atoms with van der Waals surface area (Å²) in [5.41, 5.74) is 8.80. The number of nitrogen functional groups attached to an aromatic ring is 1. The molecular weight excluding hydrogens is 314 g/mol. The standard InChI is InChI=1S/C16H14BrN3/c17-14-3-1-2-13(10-14)16-19-8-9-20(16)11-12-4-6-15(18)7-5-12/h1-10H,11,18H2. The smallest absolute Gasteiger partial charge is 0.140 e. The van der Waals surface area contributed by atoms with Gasteiger partial charge in [0.2, 0.25) is 0 Å². The van der Waals surface area contributed by atoms with Crippen LogP contribution in [0.4, 0.5) is 5.69 Å². The third kappa shape index (κ3) is 2.75. The Bertz CT molecular complexity index is 717. The van der Waals surface area contributed by atoms with Gasteiger partial charge in [0.15, 0.2) is 0 Å². The second-order valence-electron chi connectivity index (χ2n) is 4.63. The molecule has 0 atom stereocenters. The van der Waals surface area contributed by atoms with Crippen molar-refractivity contribution >= 4 is 21.6 Å². The average Bonchev–Trinajstić information content (AvgIpc) is 2.89. The predicted molar refractivity (Wildman–Crippen MR) is 85.3 cm³/mol. The van der Waals surface area contributed by atoms with Gasteiger partial charge < -0.3 is 10.3 Å². The molecule has 3 nitrogen and oxygen atoms in total. The van der Waals surface area contributed by atoms with Crippen LogP contribution in [0.3, 0.4) is 0 Å². The van der Waals surface area contributed by atoms with E-state index in [1.54, 1.807) is 0 Å². The van der Waals surface area contributed by atoms with Crippen molar-refractivity contribution in [1.82, 2.24) is 9.55 Å². The Morgan fingerprint density at radius 1 is 1.10 bits per heavy atom. The fourth-order valence-corrected chi connectivity index (χ4v) is 2.54. The zero-order valence-corrected chi connectivity index (χ0v) is 12.4. The molecule has 0 bridgehead atoms. The van der Waals surface area contributed by atoms with Crippen LogP contribution in [-0.2, 0) is 6.54 Å². The van der Waals surface area contributed by atoms with Gasteiger partial charge in [0.25, 0.3) is 0 Å². The third-order valence-electron chi connectivity index (χ3n) is 3.13. The molecule has 0 amide bonds. The molecule has 4 heteroatoms. The van der Waals surface area contributed by atoms with Gasteiger partial charge >= 0.3 is 0 Å². The fraction of sp³-hybridized carbons (Fsp3) is 0.0625. The fourth-order valence-electron chi connectivity index (χ4n) is 2.14. The van der Waals surface area contributed by atoms with Gasteiger partial charge in [-0.1, -0.05) is 40.2 Å². The van der Waals surface area contributed by atoms with Crippen LogP contribution in [0.25, 0.3) is 11.4 Å². The van der Waals surface area contributed by atoms with Gasteiger partial charge in [-0.3, -0.25) is 0 Å². The van der Waals surface area contributed by atoms with Crippen LogP contribution in [0, 0.1) is 0 Å². The molecule has 1 aromatic heterocycles. The van der Waals surface area contributed by atoms with Crippen molar-refractivity contribution in [2.75, 3.05) is 5.73 Å². The quantitative estimate of drug-likeness (QED) is 0.740. The molecule has 100 valence electrons. The molecule has 3 aromatic rings. The summed E-state index contributed by atoms with van der Waals surface area (Å²) in [6, 6.07) is 16.1. The number of nitrogens with zero attached hydrogens (tertiary/aromatic N) is 2. The monoisotopic (exact) mass is 327 g/mol. The van der Waals surface area contributed by atoms with E-state index in [0.717, 1.165) is 28.1 Å². The molecule has 0 saturated carbocycles. The molecule has 0 radical (unpaired) electrons. The Kier molecular flexibility index (Phi) is 3.56. The number of anilines is 1. The van der Waals surface area contributed by atoms with E-state index in [1.165, 1.54) is 5.56 Å².